The number of nitrogens with zero attached hydrogens (tertiary/aromatic N) is 1. The van der Waals surface area contributed by atoms with Crippen LogP contribution in [0.25, 0.3) is 11.1 Å². The highest BCUT2D eigenvalue weighted by Gasteiger charge is 2.24. The van der Waals surface area contributed by atoms with Crippen molar-refractivity contribution < 1.29 is 22.5 Å². The van der Waals surface area contributed by atoms with E-state index < -0.39 is 20.9 Å². The van der Waals surface area contributed by atoms with Crippen molar-refractivity contribution in [2.24, 2.45) is 5.92 Å². The van der Waals surface area contributed by atoms with Crippen LogP contribution in [0.5, 0.6) is 0 Å². The third-order valence-corrected chi connectivity index (χ3v) is 7.66. The Morgan fingerprint density at radius 1 is 0.944 bits per heavy atom. The van der Waals surface area contributed by atoms with Crippen molar-refractivity contribution >= 4 is 27.3 Å². The first-order valence-electron chi connectivity index (χ1n) is 11.7. The van der Waals surface area contributed by atoms with Gasteiger partial charge in [0.15, 0.2) is 0 Å². The molecule has 3 aromatic carbocycles. The first-order chi connectivity index (χ1) is 17.2. The summed E-state index contributed by atoms with van der Waals surface area (Å²) in [5, 5.41) is 14.7. The lowest BCUT2D eigenvalue weighted by Gasteiger charge is -2.22. The summed E-state index contributed by atoms with van der Waals surface area (Å²) in [5.41, 5.74) is 1.42. The highest BCUT2D eigenvalue weighted by Crippen LogP contribution is 2.30. The van der Waals surface area contributed by atoms with Crippen molar-refractivity contribution in [2.75, 3.05) is 11.9 Å². The van der Waals surface area contributed by atoms with E-state index in [0.717, 1.165) is 42.9 Å². The van der Waals surface area contributed by atoms with E-state index in [2.05, 4.69) is 5.32 Å². The number of hydrogen-bond acceptors (Lipinski definition) is 6. The molecule has 10 heteroatoms. The molecule has 1 aliphatic rings. The zero-order chi connectivity index (χ0) is 25.7. The monoisotopic (exact) mass is 511 g/mol. The molecule has 0 spiro atoms. The molecule has 0 radical (unpaired) electrons. The number of nitrogens with one attached hydrogen (secondary N) is 2. The molecule has 0 aromatic heterocycles. The molecular formula is C26H26FN3O5S. The number of hydrogen-bond donors (Lipinski definition) is 2. The predicted octanol–water partition coefficient (Wildman–Crippen LogP) is 5.51. The predicted molar refractivity (Wildman–Crippen MR) is 135 cm³/mol. The first-order valence-corrected chi connectivity index (χ1v) is 13.2. The standard InChI is InChI=1S/C26H26FN3O5S/c27-22-12-10-20(11-13-22)19-6-8-21(9-7-19)26(31)29-36(34,35)23-14-15-24(25(16-23)30(32)33)28-17-18-4-2-1-3-5-18/h6-16,18,28H,1-5,17H2,(H,29,31). The molecule has 2 N–H and O–H groups in total. The van der Waals surface area contributed by atoms with Crippen LogP contribution in [-0.2, 0) is 10.0 Å². The van der Waals surface area contributed by atoms with E-state index in [9.17, 15) is 27.7 Å². The van der Waals surface area contributed by atoms with Crippen molar-refractivity contribution in [2.45, 2.75) is 37.0 Å². The van der Waals surface area contributed by atoms with Crippen molar-refractivity contribution in [1.29, 1.82) is 0 Å². The van der Waals surface area contributed by atoms with Crippen molar-refractivity contribution in [3.05, 3.63) is 88.2 Å². The van der Waals surface area contributed by atoms with Gasteiger partial charge < -0.3 is 5.32 Å². The van der Waals surface area contributed by atoms with Crippen LogP contribution in [0.1, 0.15) is 42.5 Å². The molecule has 188 valence electrons. The smallest absolute Gasteiger partial charge is 0.293 e. The molecule has 8 nitrogen and oxygen atoms in total. The summed E-state index contributed by atoms with van der Waals surface area (Å²) < 4.78 is 40.7. The van der Waals surface area contributed by atoms with Gasteiger partial charge in [0.2, 0.25) is 0 Å². The number of rotatable bonds is 8. The van der Waals surface area contributed by atoms with Gasteiger partial charge in [-0.05, 0) is 66.3 Å². The molecule has 1 saturated carbocycles. The molecule has 1 fully saturated rings. The van der Waals surface area contributed by atoms with Gasteiger partial charge in [-0.1, -0.05) is 43.5 Å². The normalized spacial score (nSPS) is 14.2. The largest absolute Gasteiger partial charge is 0.379 e. The van der Waals surface area contributed by atoms with Crippen molar-refractivity contribution in [3.8, 4) is 11.1 Å². The molecule has 0 bridgehead atoms. The summed E-state index contributed by atoms with van der Waals surface area (Å²) in [4.78, 5) is 23.2. The van der Waals surface area contributed by atoms with E-state index in [-0.39, 0.29) is 27.7 Å². The minimum Gasteiger partial charge on any atom is -0.379 e. The van der Waals surface area contributed by atoms with E-state index in [1.807, 2.05) is 4.72 Å². The number of benzene rings is 3. The molecule has 0 aliphatic heterocycles. The van der Waals surface area contributed by atoms with E-state index in [0.29, 0.717) is 12.5 Å². The van der Waals surface area contributed by atoms with Gasteiger partial charge in [-0.25, -0.2) is 17.5 Å². The summed E-state index contributed by atoms with van der Waals surface area (Å²) in [5.74, 6) is -0.813. The zero-order valence-electron chi connectivity index (χ0n) is 19.4. The number of nitro benzene ring substituents is 1. The fraction of sp³-hybridized carbons (Fsp3) is 0.269. The van der Waals surface area contributed by atoms with Crippen molar-refractivity contribution in [3.63, 3.8) is 0 Å². The quantitative estimate of drug-likeness (QED) is 0.304. The molecule has 0 unspecified atom stereocenters. The topological polar surface area (TPSA) is 118 Å². The second-order valence-electron chi connectivity index (χ2n) is 8.84. The Labute approximate surface area is 208 Å². The van der Waals surface area contributed by atoms with E-state index in [1.54, 1.807) is 24.3 Å². The maximum absolute atomic E-state index is 13.1. The maximum Gasteiger partial charge on any atom is 0.293 e. The molecule has 3 aromatic rings. The highest BCUT2D eigenvalue weighted by atomic mass is 32.2. The Morgan fingerprint density at radius 3 is 2.17 bits per heavy atom. The first kappa shape index (κ1) is 25.3. The Bertz CT molecular complexity index is 1350. The van der Waals surface area contributed by atoms with Gasteiger partial charge in [-0.2, -0.15) is 0 Å². The molecule has 4 rings (SSSR count). The highest BCUT2D eigenvalue weighted by molar-refractivity contribution is 7.90. The molecule has 0 saturated heterocycles. The summed E-state index contributed by atoms with van der Waals surface area (Å²) in [7, 11) is -4.36. The number of amides is 1. The summed E-state index contributed by atoms with van der Waals surface area (Å²) in [6.45, 7) is 0.581. The number of halogens is 1. The molecule has 36 heavy (non-hydrogen) atoms. The number of carbonyl (C=O) groups excluding carboxylic acids is 1. The molecule has 0 atom stereocenters. The second-order valence-corrected chi connectivity index (χ2v) is 10.5. The van der Waals surface area contributed by atoms with Gasteiger partial charge in [0.25, 0.3) is 21.6 Å². The van der Waals surface area contributed by atoms with Crippen LogP contribution >= 0.6 is 0 Å². The fourth-order valence-corrected chi connectivity index (χ4v) is 5.31. The molecule has 0 heterocycles. The SMILES string of the molecule is O=C(NS(=O)(=O)c1ccc(NCC2CCCCC2)c([N+](=O)[O-])c1)c1ccc(-c2ccc(F)cc2)cc1. The van der Waals surface area contributed by atoms with Crippen LogP contribution in [-0.4, -0.2) is 25.8 Å². The number of anilines is 1. The van der Waals surface area contributed by atoms with Gasteiger partial charge in [0.1, 0.15) is 11.5 Å². The Hall–Kier alpha value is -3.79. The van der Waals surface area contributed by atoms with Gasteiger partial charge in [0.05, 0.1) is 9.82 Å². The van der Waals surface area contributed by atoms with Gasteiger partial charge in [-0.15, -0.1) is 0 Å². The summed E-state index contributed by atoms with van der Waals surface area (Å²) in [6, 6.07) is 15.5. The van der Waals surface area contributed by atoms with Crippen LogP contribution in [0.15, 0.2) is 71.6 Å². The maximum atomic E-state index is 13.1. The number of sulfonamides is 1. The fourth-order valence-electron chi connectivity index (χ4n) is 4.32. The average Bonchev–Trinajstić information content (AvgIpc) is 2.88. The second kappa shape index (κ2) is 10.9. The third kappa shape index (κ3) is 6.06. The summed E-state index contributed by atoms with van der Waals surface area (Å²) in [6.07, 6.45) is 5.60. The number of nitro groups is 1. The third-order valence-electron chi connectivity index (χ3n) is 6.33. The van der Waals surface area contributed by atoms with Crippen LogP contribution in [0.2, 0.25) is 0 Å². The Kier molecular flexibility index (Phi) is 7.64. The molecular weight excluding hydrogens is 485 g/mol. The summed E-state index contributed by atoms with van der Waals surface area (Å²) >= 11 is 0. The van der Waals surface area contributed by atoms with Crippen LogP contribution in [0, 0.1) is 21.8 Å². The Morgan fingerprint density at radius 2 is 1.56 bits per heavy atom. The zero-order valence-corrected chi connectivity index (χ0v) is 20.3. The van der Waals surface area contributed by atoms with Crippen LogP contribution < -0.4 is 10.0 Å². The van der Waals surface area contributed by atoms with E-state index in [1.165, 1.54) is 42.8 Å². The van der Waals surface area contributed by atoms with E-state index >= 15 is 0 Å². The van der Waals surface area contributed by atoms with Gasteiger partial charge >= 0.3 is 0 Å². The lowest BCUT2D eigenvalue weighted by atomic mass is 9.89. The van der Waals surface area contributed by atoms with E-state index in [4.69, 9.17) is 0 Å². The average molecular weight is 512 g/mol. The van der Waals surface area contributed by atoms with Gasteiger partial charge in [0, 0.05) is 18.2 Å². The number of carbonyl (C=O) groups is 1. The lowest BCUT2D eigenvalue weighted by Crippen LogP contribution is -2.30. The van der Waals surface area contributed by atoms with Crippen molar-refractivity contribution in [1.82, 2.24) is 4.72 Å². The minimum atomic E-state index is -4.36. The molecule has 1 amide bonds. The minimum absolute atomic E-state index is 0.0877. The Balaban J connectivity index is 1.47. The van der Waals surface area contributed by atoms with Gasteiger partial charge in [-0.3, -0.25) is 14.9 Å². The lowest BCUT2D eigenvalue weighted by molar-refractivity contribution is -0.384. The molecule has 1 aliphatic carbocycles. The van der Waals surface area contributed by atoms with Crippen LogP contribution in [0.3, 0.4) is 0 Å². The van der Waals surface area contributed by atoms with Crippen LogP contribution in [0.4, 0.5) is 15.8 Å².